The van der Waals surface area contributed by atoms with Crippen molar-refractivity contribution in [1.82, 2.24) is 4.98 Å². The highest BCUT2D eigenvalue weighted by molar-refractivity contribution is 5.19. The fraction of sp³-hybridized carbons (Fsp3) is 0.444. The predicted octanol–water partition coefficient (Wildman–Crippen LogP) is 1.78. The van der Waals surface area contributed by atoms with Crippen LogP contribution < -0.4 is 4.74 Å². The van der Waals surface area contributed by atoms with E-state index in [1.807, 2.05) is 0 Å². The van der Waals surface area contributed by atoms with Gasteiger partial charge in [0.25, 0.3) is 6.43 Å². The lowest BCUT2D eigenvalue weighted by molar-refractivity contribution is 0.0795. The van der Waals surface area contributed by atoms with E-state index in [0.29, 0.717) is 5.56 Å². The summed E-state index contributed by atoms with van der Waals surface area (Å²) in [6.45, 7) is 0.928. The standard InChI is InChI=1S/C9H11F2NO2/c1-6(13)7-2-3-9(12-4-7)14-5-8(10)11/h2-4,6,8,13H,5H2,1H3. The first-order chi connectivity index (χ1) is 6.59. The van der Waals surface area contributed by atoms with Crippen LogP contribution in [0.3, 0.4) is 0 Å². The summed E-state index contributed by atoms with van der Waals surface area (Å²) in [4.78, 5) is 3.76. The molecule has 0 bridgehead atoms. The van der Waals surface area contributed by atoms with E-state index < -0.39 is 19.1 Å². The van der Waals surface area contributed by atoms with Crippen molar-refractivity contribution in [2.45, 2.75) is 19.5 Å². The van der Waals surface area contributed by atoms with E-state index in [2.05, 4.69) is 9.72 Å². The number of hydrogen-bond donors (Lipinski definition) is 1. The normalized spacial score (nSPS) is 12.9. The highest BCUT2D eigenvalue weighted by Crippen LogP contribution is 2.14. The van der Waals surface area contributed by atoms with E-state index in [0.717, 1.165) is 0 Å². The number of aliphatic hydroxyl groups excluding tert-OH is 1. The van der Waals surface area contributed by atoms with Crippen LogP contribution >= 0.6 is 0 Å². The van der Waals surface area contributed by atoms with Crippen LogP contribution in [0.1, 0.15) is 18.6 Å². The van der Waals surface area contributed by atoms with Crippen LogP contribution in [-0.2, 0) is 0 Å². The van der Waals surface area contributed by atoms with Gasteiger partial charge in [-0.25, -0.2) is 13.8 Å². The average Bonchev–Trinajstić information content (AvgIpc) is 2.15. The quantitative estimate of drug-likeness (QED) is 0.811. The number of aromatic nitrogens is 1. The maximum Gasteiger partial charge on any atom is 0.272 e. The molecule has 5 heteroatoms. The average molecular weight is 203 g/mol. The molecular formula is C9H11F2NO2. The van der Waals surface area contributed by atoms with Gasteiger partial charge in [0.15, 0.2) is 6.61 Å². The molecule has 0 spiro atoms. The topological polar surface area (TPSA) is 42.4 Å². The molecule has 0 aliphatic rings. The summed E-state index contributed by atoms with van der Waals surface area (Å²) in [5.41, 5.74) is 0.620. The summed E-state index contributed by atoms with van der Waals surface area (Å²) in [6, 6.07) is 3.03. The Hall–Kier alpha value is -1.23. The van der Waals surface area contributed by atoms with E-state index in [-0.39, 0.29) is 5.88 Å². The van der Waals surface area contributed by atoms with Gasteiger partial charge in [-0.2, -0.15) is 0 Å². The zero-order chi connectivity index (χ0) is 10.6. The molecule has 0 fully saturated rings. The number of hydrogen-bond acceptors (Lipinski definition) is 3. The highest BCUT2D eigenvalue weighted by atomic mass is 19.3. The minimum Gasteiger partial charge on any atom is -0.472 e. The van der Waals surface area contributed by atoms with Gasteiger partial charge in [-0.15, -0.1) is 0 Å². The predicted molar refractivity (Wildman–Crippen MR) is 46.4 cm³/mol. The molecule has 1 heterocycles. The van der Waals surface area contributed by atoms with Gasteiger partial charge in [0, 0.05) is 12.3 Å². The largest absolute Gasteiger partial charge is 0.472 e. The second-order valence-corrected chi connectivity index (χ2v) is 2.81. The molecule has 0 radical (unpaired) electrons. The summed E-state index contributed by atoms with van der Waals surface area (Å²) in [5, 5.41) is 9.13. The Morgan fingerprint density at radius 2 is 2.21 bits per heavy atom. The summed E-state index contributed by atoms with van der Waals surface area (Å²) in [6.07, 6.45) is -1.73. The molecule has 0 aliphatic heterocycles. The maximum atomic E-state index is 11.7. The third-order valence-corrected chi connectivity index (χ3v) is 1.60. The van der Waals surface area contributed by atoms with Gasteiger partial charge in [-0.1, -0.05) is 0 Å². The number of pyridine rings is 1. The van der Waals surface area contributed by atoms with Crippen molar-refractivity contribution >= 4 is 0 Å². The van der Waals surface area contributed by atoms with Crippen molar-refractivity contribution in [2.24, 2.45) is 0 Å². The molecular weight excluding hydrogens is 192 g/mol. The maximum absolute atomic E-state index is 11.7. The lowest BCUT2D eigenvalue weighted by Crippen LogP contribution is -2.08. The lowest BCUT2D eigenvalue weighted by Gasteiger charge is -2.06. The summed E-state index contributed by atoms with van der Waals surface area (Å²) >= 11 is 0. The molecule has 1 unspecified atom stereocenters. The molecule has 1 rings (SSSR count). The van der Waals surface area contributed by atoms with Gasteiger partial charge < -0.3 is 9.84 Å². The molecule has 1 aromatic rings. The smallest absolute Gasteiger partial charge is 0.272 e. The molecule has 14 heavy (non-hydrogen) atoms. The Labute approximate surface area is 80.3 Å². The third kappa shape index (κ3) is 3.26. The van der Waals surface area contributed by atoms with Crippen LogP contribution in [-0.4, -0.2) is 23.1 Å². The summed E-state index contributed by atoms with van der Waals surface area (Å²) in [5.74, 6) is 0.134. The van der Waals surface area contributed by atoms with Gasteiger partial charge in [0.05, 0.1) is 6.10 Å². The molecule has 0 saturated heterocycles. The molecule has 0 amide bonds. The second-order valence-electron chi connectivity index (χ2n) is 2.81. The minimum absolute atomic E-state index is 0.134. The van der Waals surface area contributed by atoms with E-state index in [9.17, 15) is 8.78 Å². The summed E-state index contributed by atoms with van der Waals surface area (Å²) in [7, 11) is 0. The number of ether oxygens (including phenoxy) is 1. The van der Waals surface area contributed by atoms with Crippen LogP contribution in [0.15, 0.2) is 18.3 Å². The van der Waals surface area contributed by atoms with Crippen LogP contribution in [0.5, 0.6) is 5.88 Å². The monoisotopic (exact) mass is 203 g/mol. The number of nitrogens with zero attached hydrogens (tertiary/aromatic N) is 1. The molecule has 78 valence electrons. The molecule has 1 atom stereocenters. The van der Waals surface area contributed by atoms with E-state index in [1.54, 1.807) is 13.0 Å². The van der Waals surface area contributed by atoms with Crippen molar-refractivity contribution in [2.75, 3.05) is 6.61 Å². The molecule has 0 saturated carbocycles. The van der Waals surface area contributed by atoms with Crippen LogP contribution in [0, 0.1) is 0 Å². The highest BCUT2D eigenvalue weighted by Gasteiger charge is 2.05. The van der Waals surface area contributed by atoms with Crippen molar-refractivity contribution in [1.29, 1.82) is 0 Å². The van der Waals surface area contributed by atoms with E-state index in [1.165, 1.54) is 12.3 Å². The van der Waals surface area contributed by atoms with Crippen molar-refractivity contribution < 1.29 is 18.6 Å². The molecule has 3 nitrogen and oxygen atoms in total. The zero-order valence-corrected chi connectivity index (χ0v) is 7.65. The molecule has 1 N–H and O–H groups in total. The van der Waals surface area contributed by atoms with Crippen LogP contribution in [0.2, 0.25) is 0 Å². The van der Waals surface area contributed by atoms with Crippen LogP contribution in [0.4, 0.5) is 8.78 Å². The lowest BCUT2D eigenvalue weighted by atomic mass is 10.2. The Balaban J connectivity index is 2.55. The summed E-state index contributed by atoms with van der Waals surface area (Å²) < 4.78 is 28.1. The van der Waals surface area contributed by atoms with Gasteiger partial charge in [0.1, 0.15) is 0 Å². The number of halogens is 2. The van der Waals surface area contributed by atoms with Gasteiger partial charge >= 0.3 is 0 Å². The van der Waals surface area contributed by atoms with Gasteiger partial charge in [-0.3, -0.25) is 0 Å². The third-order valence-electron chi connectivity index (χ3n) is 1.60. The van der Waals surface area contributed by atoms with Gasteiger partial charge in [0.2, 0.25) is 5.88 Å². The Bertz CT molecular complexity index is 275. The Morgan fingerprint density at radius 3 is 2.64 bits per heavy atom. The Kier molecular flexibility index (Phi) is 3.76. The number of alkyl halides is 2. The molecule has 0 aliphatic carbocycles. The number of rotatable bonds is 4. The fourth-order valence-electron chi connectivity index (χ4n) is 0.873. The SMILES string of the molecule is CC(O)c1ccc(OCC(F)F)nc1. The second kappa shape index (κ2) is 4.85. The van der Waals surface area contributed by atoms with Gasteiger partial charge in [-0.05, 0) is 18.6 Å². The first kappa shape index (κ1) is 10.8. The first-order valence-corrected chi connectivity index (χ1v) is 4.14. The van der Waals surface area contributed by atoms with E-state index in [4.69, 9.17) is 5.11 Å². The molecule has 1 aromatic heterocycles. The van der Waals surface area contributed by atoms with Crippen molar-refractivity contribution in [3.8, 4) is 5.88 Å². The van der Waals surface area contributed by atoms with Crippen LogP contribution in [0.25, 0.3) is 0 Å². The number of aliphatic hydroxyl groups is 1. The van der Waals surface area contributed by atoms with Crippen molar-refractivity contribution in [3.05, 3.63) is 23.9 Å². The first-order valence-electron chi connectivity index (χ1n) is 4.14. The molecule has 0 aromatic carbocycles. The Morgan fingerprint density at radius 1 is 1.50 bits per heavy atom. The van der Waals surface area contributed by atoms with E-state index >= 15 is 0 Å². The minimum atomic E-state index is -2.51. The van der Waals surface area contributed by atoms with Crippen molar-refractivity contribution in [3.63, 3.8) is 0 Å². The fourth-order valence-corrected chi connectivity index (χ4v) is 0.873. The zero-order valence-electron chi connectivity index (χ0n) is 7.65.